The van der Waals surface area contributed by atoms with Crippen molar-refractivity contribution in [1.29, 1.82) is 0 Å². The second kappa shape index (κ2) is 6.02. The molecule has 0 aromatic heterocycles. The van der Waals surface area contributed by atoms with E-state index in [2.05, 4.69) is 6.92 Å². The molecule has 0 spiro atoms. The van der Waals surface area contributed by atoms with Crippen molar-refractivity contribution in [2.45, 2.75) is 57.5 Å². The van der Waals surface area contributed by atoms with Gasteiger partial charge in [0.25, 0.3) is 0 Å². The molecular weight excluding hydrogens is 226 g/mol. The molecule has 2 aliphatic rings. The maximum atomic E-state index is 12.6. The molecule has 0 aromatic carbocycles. The third-order valence-electron chi connectivity index (χ3n) is 4.60. The van der Waals surface area contributed by atoms with E-state index in [9.17, 15) is 4.79 Å². The Hall–Kier alpha value is -0.610. The van der Waals surface area contributed by atoms with Crippen LogP contribution in [0.4, 0.5) is 0 Å². The van der Waals surface area contributed by atoms with E-state index in [4.69, 9.17) is 11.5 Å². The normalized spacial score (nSPS) is 37.6. The predicted molar refractivity (Wildman–Crippen MR) is 72.9 cm³/mol. The van der Waals surface area contributed by atoms with Gasteiger partial charge in [-0.1, -0.05) is 13.3 Å². The maximum Gasteiger partial charge on any atom is 0.226 e. The van der Waals surface area contributed by atoms with E-state index in [-0.39, 0.29) is 18.0 Å². The highest BCUT2D eigenvalue weighted by Gasteiger charge is 2.34. The van der Waals surface area contributed by atoms with Gasteiger partial charge >= 0.3 is 0 Å². The highest BCUT2D eigenvalue weighted by atomic mass is 16.2. The highest BCUT2D eigenvalue weighted by Crippen LogP contribution is 2.29. The van der Waals surface area contributed by atoms with Crippen molar-refractivity contribution in [1.82, 2.24) is 4.90 Å². The van der Waals surface area contributed by atoms with Gasteiger partial charge in [0.15, 0.2) is 0 Å². The zero-order valence-electron chi connectivity index (χ0n) is 11.5. The Morgan fingerprint density at radius 3 is 2.72 bits per heavy atom. The van der Waals surface area contributed by atoms with Crippen LogP contribution in [0.3, 0.4) is 0 Å². The Morgan fingerprint density at radius 2 is 2.06 bits per heavy atom. The topological polar surface area (TPSA) is 72.3 Å². The third kappa shape index (κ3) is 3.04. The van der Waals surface area contributed by atoms with Gasteiger partial charge in [-0.05, 0) is 38.0 Å². The first-order chi connectivity index (χ1) is 8.61. The number of likely N-dealkylation sites (tertiary alicyclic amines) is 1. The molecule has 1 heterocycles. The Labute approximate surface area is 110 Å². The zero-order chi connectivity index (χ0) is 13.1. The van der Waals surface area contributed by atoms with Gasteiger partial charge in [-0.3, -0.25) is 4.79 Å². The lowest BCUT2D eigenvalue weighted by Crippen LogP contribution is -2.52. The van der Waals surface area contributed by atoms with E-state index < -0.39 is 0 Å². The second-order valence-electron chi connectivity index (χ2n) is 6.17. The molecule has 18 heavy (non-hydrogen) atoms. The van der Waals surface area contributed by atoms with E-state index in [0.29, 0.717) is 18.4 Å². The van der Waals surface area contributed by atoms with Gasteiger partial charge in [0, 0.05) is 31.1 Å². The number of nitrogens with two attached hydrogens (primary N) is 2. The quantitative estimate of drug-likeness (QED) is 0.774. The predicted octanol–water partition coefficient (Wildman–Crippen LogP) is 1.09. The summed E-state index contributed by atoms with van der Waals surface area (Å²) in [5.41, 5.74) is 11.8. The molecule has 0 aromatic rings. The minimum atomic E-state index is 0.149. The molecule has 1 aliphatic heterocycles. The summed E-state index contributed by atoms with van der Waals surface area (Å²) in [6.07, 6.45) is 6.20. The summed E-state index contributed by atoms with van der Waals surface area (Å²) in [5, 5.41) is 0. The van der Waals surface area contributed by atoms with Crippen molar-refractivity contribution in [3.63, 3.8) is 0 Å². The first-order valence-electron chi connectivity index (χ1n) is 7.38. The van der Waals surface area contributed by atoms with Crippen LogP contribution < -0.4 is 11.5 Å². The third-order valence-corrected chi connectivity index (χ3v) is 4.60. The van der Waals surface area contributed by atoms with Crippen molar-refractivity contribution in [2.24, 2.45) is 23.3 Å². The Bertz CT molecular complexity index is 295. The van der Waals surface area contributed by atoms with Crippen LogP contribution in [0.15, 0.2) is 0 Å². The van der Waals surface area contributed by atoms with Crippen LogP contribution in [0, 0.1) is 11.8 Å². The lowest BCUT2D eigenvalue weighted by atomic mass is 9.83. The van der Waals surface area contributed by atoms with Crippen molar-refractivity contribution >= 4 is 5.91 Å². The molecule has 1 saturated carbocycles. The number of amides is 1. The van der Waals surface area contributed by atoms with E-state index in [1.807, 2.05) is 4.90 Å². The fraction of sp³-hybridized carbons (Fsp3) is 0.929. The first-order valence-corrected chi connectivity index (χ1v) is 7.38. The minimum absolute atomic E-state index is 0.149. The van der Waals surface area contributed by atoms with Crippen LogP contribution in [-0.2, 0) is 4.79 Å². The number of carbonyl (C=O) groups excluding carboxylic acids is 1. The molecular formula is C14H27N3O. The van der Waals surface area contributed by atoms with E-state index in [0.717, 1.165) is 45.1 Å². The van der Waals surface area contributed by atoms with E-state index >= 15 is 0 Å². The van der Waals surface area contributed by atoms with Crippen LogP contribution in [0.25, 0.3) is 0 Å². The van der Waals surface area contributed by atoms with Gasteiger partial charge in [0.2, 0.25) is 5.91 Å². The molecule has 0 bridgehead atoms. The lowest BCUT2D eigenvalue weighted by molar-refractivity contribution is -0.141. The van der Waals surface area contributed by atoms with Crippen molar-refractivity contribution in [3.05, 3.63) is 0 Å². The molecule has 4 heteroatoms. The fourth-order valence-electron chi connectivity index (χ4n) is 3.45. The number of rotatable bonds is 2. The van der Waals surface area contributed by atoms with Gasteiger partial charge in [-0.2, -0.15) is 0 Å². The molecule has 4 unspecified atom stereocenters. The fourth-order valence-corrected chi connectivity index (χ4v) is 3.45. The van der Waals surface area contributed by atoms with Gasteiger partial charge < -0.3 is 16.4 Å². The Morgan fingerprint density at radius 1 is 1.28 bits per heavy atom. The number of piperidine rings is 1. The summed E-state index contributed by atoms with van der Waals surface area (Å²) >= 11 is 0. The first kappa shape index (κ1) is 13.8. The molecule has 4 atom stereocenters. The number of hydrogen-bond acceptors (Lipinski definition) is 3. The SMILES string of the molecule is CC1CCN(C(=O)C2CCCC(N)C2)C(CN)C1. The van der Waals surface area contributed by atoms with E-state index in [1.165, 1.54) is 0 Å². The van der Waals surface area contributed by atoms with Crippen molar-refractivity contribution in [2.75, 3.05) is 13.1 Å². The monoisotopic (exact) mass is 253 g/mol. The Balaban J connectivity index is 1.98. The van der Waals surface area contributed by atoms with Crippen LogP contribution in [0.5, 0.6) is 0 Å². The molecule has 2 rings (SSSR count). The molecule has 1 saturated heterocycles. The Kier molecular flexibility index (Phi) is 4.62. The summed E-state index contributed by atoms with van der Waals surface area (Å²) < 4.78 is 0. The van der Waals surface area contributed by atoms with Crippen LogP contribution in [-0.4, -0.2) is 36.0 Å². The maximum absolute atomic E-state index is 12.6. The largest absolute Gasteiger partial charge is 0.338 e. The summed E-state index contributed by atoms with van der Waals surface area (Å²) in [4.78, 5) is 14.6. The number of hydrogen-bond donors (Lipinski definition) is 2. The average molecular weight is 253 g/mol. The summed E-state index contributed by atoms with van der Waals surface area (Å²) in [6, 6.07) is 0.465. The molecule has 0 radical (unpaired) electrons. The number of carbonyl (C=O) groups is 1. The summed E-state index contributed by atoms with van der Waals surface area (Å²) in [6.45, 7) is 3.73. The van der Waals surface area contributed by atoms with Gasteiger partial charge in [-0.25, -0.2) is 0 Å². The van der Waals surface area contributed by atoms with Crippen LogP contribution >= 0.6 is 0 Å². The van der Waals surface area contributed by atoms with Crippen molar-refractivity contribution in [3.8, 4) is 0 Å². The van der Waals surface area contributed by atoms with Gasteiger partial charge in [0.1, 0.15) is 0 Å². The van der Waals surface area contributed by atoms with Crippen LogP contribution in [0.1, 0.15) is 45.4 Å². The van der Waals surface area contributed by atoms with E-state index in [1.54, 1.807) is 0 Å². The average Bonchev–Trinajstić information content (AvgIpc) is 2.37. The molecule has 104 valence electrons. The molecule has 1 amide bonds. The highest BCUT2D eigenvalue weighted by molar-refractivity contribution is 5.79. The molecule has 2 fully saturated rings. The molecule has 4 nitrogen and oxygen atoms in total. The number of nitrogens with zero attached hydrogens (tertiary/aromatic N) is 1. The molecule has 4 N–H and O–H groups in total. The lowest BCUT2D eigenvalue weighted by Gasteiger charge is -2.41. The molecule has 1 aliphatic carbocycles. The smallest absolute Gasteiger partial charge is 0.226 e. The van der Waals surface area contributed by atoms with Crippen LogP contribution in [0.2, 0.25) is 0 Å². The van der Waals surface area contributed by atoms with Gasteiger partial charge in [-0.15, -0.1) is 0 Å². The summed E-state index contributed by atoms with van der Waals surface area (Å²) in [5.74, 6) is 1.15. The van der Waals surface area contributed by atoms with Crippen molar-refractivity contribution < 1.29 is 4.79 Å². The second-order valence-corrected chi connectivity index (χ2v) is 6.17. The zero-order valence-corrected chi connectivity index (χ0v) is 11.5. The van der Waals surface area contributed by atoms with Gasteiger partial charge in [0.05, 0.1) is 0 Å². The summed E-state index contributed by atoms with van der Waals surface area (Å²) in [7, 11) is 0. The minimum Gasteiger partial charge on any atom is -0.338 e. The standard InChI is InChI=1S/C14H27N3O/c1-10-5-6-17(13(7-10)9-15)14(18)11-3-2-4-12(16)8-11/h10-13H,2-9,15-16H2,1H3.